The van der Waals surface area contributed by atoms with Crippen LogP contribution in [0.1, 0.15) is 64.3 Å². The second-order valence-electron chi connectivity index (χ2n) is 8.64. The maximum atomic E-state index is 13.6. The molecule has 2 aromatic rings. The van der Waals surface area contributed by atoms with Crippen LogP contribution in [0.5, 0.6) is 0 Å². The molecule has 0 aliphatic carbocycles. The highest BCUT2D eigenvalue weighted by Gasteiger charge is 2.63. The molecule has 3 amide bonds. The van der Waals surface area contributed by atoms with E-state index in [0.717, 1.165) is 17.0 Å². The molecule has 2 fully saturated rings. The molecule has 1 aromatic heterocycles. The number of pyridine rings is 1. The van der Waals surface area contributed by atoms with Crippen molar-refractivity contribution in [2.45, 2.75) is 59.5 Å². The monoisotopic (exact) mass is 493 g/mol. The van der Waals surface area contributed by atoms with Gasteiger partial charge in [-0.1, -0.05) is 39.0 Å². The van der Waals surface area contributed by atoms with E-state index in [1.165, 1.54) is 12.1 Å². The summed E-state index contributed by atoms with van der Waals surface area (Å²) in [6.45, 7) is 9.15. The summed E-state index contributed by atoms with van der Waals surface area (Å²) in [5, 5.41) is 2.90. The molecule has 1 N–H and O–H groups in total. The third kappa shape index (κ3) is 5.48. The van der Waals surface area contributed by atoms with Gasteiger partial charge in [-0.25, -0.2) is 9.18 Å². The van der Waals surface area contributed by atoms with E-state index in [-0.39, 0.29) is 23.8 Å². The zero-order chi connectivity index (χ0) is 26.1. The van der Waals surface area contributed by atoms with E-state index >= 15 is 0 Å². The minimum atomic E-state index is -0.577. The lowest BCUT2D eigenvalue weighted by atomic mass is 9.63. The van der Waals surface area contributed by atoms with Gasteiger partial charge in [0.25, 0.3) is 0 Å². The summed E-state index contributed by atoms with van der Waals surface area (Å²) in [6.07, 6.45) is 7.03. The average Bonchev–Trinajstić information content (AvgIpc) is 2.93. The Kier molecular flexibility index (Phi) is 9.33. The van der Waals surface area contributed by atoms with Gasteiger partial charge < -0.3 is 15.1 Å². The summed E-state index contributed by atoms with van der Waals surface area (Å²) in [4.78, 5) is 38.7. The van der Waals surface area contributed by atoms with Crippen LogP contribution in [0.2, 0.25) is 0 Å². The van der Waals surface area contributed by atoms with Gasteiger partial charge in [-0.3, -0.25) is 14.8 Å². The van der Waals surface area contributed by atoms with Crippen molar-refractivity contribution < 1.29 is 14.0 Å². The van der Waals surface area contributed by atoms with E-state index in [0.29, 0.717) is 38.9 Å². The van der Waals surface area contributed by atoms with Crippen LogP contribution in [0, 0.1) is 11.2 Å². The van der Waals surface area contributed by atoms with Crippen LogP contribution >= 0.6 is 0 Å². The molecule has 1 unspecified atom stereocenters. The van der Waals surface area contributed by atoms with Crippen molar-refractivity contribution in [1.82, 2.24) is 20.1 Å². The van der Waals surface area contributed by atoms with Gasteiger partial charge in [-0.2, -0.15) is 0 Å². The smallest absolute Gasteiger partial charge is 0.317 e. The second kappa shape index (κ2) is 12.4. The van der Waals surface area contributed by atoms with Gasteiger partial charge in [0, 0.05) is 43.9 Å². The molecule has 0 saturated carbocycles. The zero-order valence-electron chi connectivity index (χ0n) is 21.6. The summed E-state index contributed by atoms with van der Waals surface area (Å²) in [5.74, 6) is -0.227. The topological polar surface area (TPSA) is 77.9 Å². The largest absolute Gasteiger partial charge is 0.334 e. The van der Waals surface area contributed by atoms with Crippen LogP contribution in [0.15, 0.2) is 65.6 Å². The number of urea groups is 1. The molecule has 1 aromatic carbocycles. The number of aromatic nitrogens is 1. The number of allylic oxidation sites excluding steroid dienone is 1. The molecular weight excluding hydrogens is 457 g/mol. The third-order valence-corrected chi connectivity index (χ3v) is 6.74. The van der Waals surface area contributed by atoms with Crippen molar-refractivity contribution in [1.29, 1.82) is 0 Å². The lowest BCUT2D eigenvalue weighted by Crippen LogP contribution is -2.66. The van der Waals surface area contributed by atoms with E-state index in [9.17, 15) is 14.0 Å². The van der Waals surface area contributed by atoms with Gasteiger partial charge >= 0.3 is 6.03 Å². The van der Waals surface area contributed by atoms with E-state index in [4.69, 9.17) is 0 Å². The van der Waals surface area contributed by atoms with Gasteiger partial charge in [0.2, 0.25) is 5.91 Å². The lowest BCUT2D eigenvalue weighted by Gasteiger charge is -2.58. The van der Waals surface area contributed by atoms with Crippen LogP contribution < -0.4 is 5.32 Å². The molecule has 2 aliphatic heterocycles. The molecule has 7 nitrogen and oxygen atoms in total. The average molecular weight is 494 g/mol. The van der Waals surface area contributed by atoms with Crippen LogP contribution in [-0.4, -0.2) is 46.0 Å². The minimum absolute atomic E-state index is 0.0777. The molecule has 0 bridgehead atoms. The van der Waals surface area contributed by atoms with Gasteiger partial charge in [0.1, 0.15) is 5.82 Å². The molecule has 1 spiro atoms. The fourth-order valence-corrected chi connectivity index (χ4v) is 4.88. The maximum absolute atomic E-state index is 13.6. The number of amides is 3. The summed E-state index contributed by atoms with van der Waals surface area (Å²) < 4.78 is 13.1. The number of nitrogens with zero attached hydrogens (tertiary/aromatic N) is 4. The quantitative estimate of drug-likeness (QED) is 0.429. The van der Waals surface area contributed by atoms with E-state index in [1.807, 2.05) is 50.8 Å². The van der Waals surface area contributed by atoms with Crippen LogP contribution in [0.4, 0.5) is 9.18 Å². The van der Waals surface area contributed by atoms with Gasteiger partial charge in [-0.05, 0) is 56.0 Å². The zero-order valence-corrected chi connectivity index (χ0v) is 21.6. The Balaban J connectivity index is 0.00000176. The standard InChI is InChI=1S/C26H30FN5O2.C2H6/c1-3-21(18-28-4-2)32-23(22-7-5-6-14-29-22)26(24(32)33)12-15-31(16-13-26)25(34)30-17-19-8-10-20(27)11-9-19;1-2/h4-11,14,18,23H,3,12-13,15-17H2,1-2H3,(H,30,34);1-2H3/b21-18+,28-4?;. The van der Waals surface area contributed by atoms with Gasteiger partial charge in [0.15, 0.2) is 0 Å². The molecule has 1 atom stereocenters. The van der Waals surface area contributed by atoms with Crippen LogP contribution in [0.25, 0.3) is 0 Å². The number of piperidine rings is 1. The Morgan fingerprint density at radius 3 is 2.47 bits per heavy atom. The molecule has 3 heterocycles. The number of hydrogen-bond donors (Lipinski definition) is 1. The Morgan fingerprint density at radius 1 is 1.19 bits per heavy atom. The Labute approximate surface area is 213 Å². The second-order valence-corrected chi connectivity index (χ2v) is 8.64. The molecule has 36 heavy (non-hydrogen) atoms. The third-order valence-electron chi connectivity index (χ3n) is 6.74. The Morgan fingerprint density at radius 2 is 1.89 bits per heavy atom. The summed E-state index contributed by atoms with van der Waals surface area (Å²) >= 11 is 0. The fourth-order valence-electron chi connectivity index (χ4n) is 4.88. The van der Waals surface area contributed by atoms with Crippen molar-refractivity contribution in [2.75, 3.05) is 13.1 Å². The molecule has 4 rings (SSSR count). The molecule has 192 valence electrons. The number of halogens is 1. The number of aliphatic imine (C=N–C) groups is 1. The highest BCUT2D eigenvalue weighted by atomic mass is 19.1. The highest BCUT2D eigenvalue weighted by molar-refractivity contribution is 5.92. The van der Waals surface area contributed by atoms with Gasteiger partial charge in [0.05, 0.1) is 17.2 Å². The first-order valence-corrected chi connectivity index (χ1v) is 12.7. The summed E-state index contributed by atoms with van der Waals surface area (Å²) in [5.41, 5.74) is 1.98. The number of benzene rings is 1. The predicted octanol–water partition coefficient (Wildman–Crippen LogP) is 5.46. The number of nitrogens with one attached hydrogen (secondary N) is 1. The van der Waals surface area contributed by atoms with E-state index in [2.05, 4.69) is 15.3 Å². The number of rotatable bonds is 6. The number of carbonyl (C=O) groups excluding carboxylic acids is 2. The normalized spacial score (nSPS) is 19.1. The summed E-state index contributed by atoms with van der Waals surface area (Å²) in [7, 11) is 0. The molecular formula is C28H36FN5O2. The molecule has 8 heteroatoms. The lowest BCUT2D eigenvalue weighted by molar-refractivity contribution is -0.175. The number of β-lactam (4-membered cyclic amide) rings is 1. The van der Waals surface area contributed by atoms with Gasteiger partial charge in [-0.15, -0.1) is 0 Å². The predicted molar refractivity (Wildman–Crippen MR) is 140 cm³/mol. The molecule has 0 radical (unpaired) electrons. The van der Waals surface area contributed by atoms with E-state index < -0.39 is 5.41 Å². The Bertz CT molecular complexity index is 1080. The van der Waals surface area contributed by atoms with Crippen molar-refractivity contribution in [2.24, 2.45) is 10.4 Å². The van der Waals surface area contributed by atoms with Crippen LogP contribution in [-0.2, 0) is 11.3 Å². The summed E-state index contributed by atoms with van der Waals surface area (Å²) in [6, 6.07) is 11.5. The van der Waals surface area contributed by atoms with Crippen LogP contribution in [0.3, 0.4) is 0 Å². The van der Waals surface area contributed by atoms with Crippen molar-refractivity contribution in [3.8, 4) is 0 Å². The Hall–Kier alpha value is -3.55. The SMILES string of the molecule is CC.CC=N/C=C(\CC)N1C(=O)C2(CCN(C(=O)NCc3ccc(F)cc3)CC2)C1c1ccccn1. The van der Waals surface area contributed by atoms with Crippen molar-refractivity contribution >= 4 is 18.2 Å². The van der Waals surface area contributed by atoms with Crippen molar-refractivity contribution in [3.05, 3.63) is 77.6 Å². The number of likely N-dealkylation sites (tertiary alicyclic amines) is 2. The highest BCUT2D eigenvalue weighted by Crippen LogP contribution is 2.57. The maximum Gasteiger partial charge on any atom is 0.317 e. The van der Waals surface area contributed by atoms with Crippen molar-refractivity contribution in [3.63, 3.8) is 0 Å². The number of hydrogen-bond acceptors (Lipinski definition) is 4. The number of carbonyl (C=O) groups is 2. The molecule has 2 aliphatic rings. The molecule has 2 saturated heterocycles. The first kappa shape index (κ1) is 27.0. The fraction of sp³-hybridized carbons (Fsp3) is 0.429. The van der Waals surface area contributed by atoms with E-state index in [1.54, 1.807) is 35.6 Å². The minimum Gasteiger partial charge on any atom is -0.334 e. The first-order valence-electron chi connectivity index (χ1n) is 12.7. The first-order chi connectivity index (χ1) is 17.5.